The molecule has 1 aromatic rings. The van der Waals surface area contributed by atoms with Crippen LogP contribution in [0.2, 0.25) is 0 Å². The first-order chi connectivity index (χ1) is 16.2. The highest BCUT2D eigenvalue weighted by Gasteiger charge is 2.42. The summed E-state index contributed by atoms with van der Waals surface area (Å²) in [7, 11) is -3.15. The molecule has 3 amide bonds. The maximum Gasteiger partial charge on any atom is 0.269 e. The molecule has 2 aliphatic rings. The van der Waals surface area contributed by atoms with Gasteiger partial charge in [0.2, 0.25) is 17.6 Å². The number of benzene rings is 1. The average Bonchev–Trinajstić information content (AvgIpc) is 3.35. The van der Waals surface area contributed by atoms with Gasteiger partial charge in [-0.2, -0.15) is 0 Å². The number of carbonyl (C=O) groups is 3. The number of nitrogens with one attached hydrogen (secondary N) is 2. The Hall–Kier alpha value is -3.02. The van der Waals surface area contributed by atoms with Crippen molar-refractivity contribution < 1.29 is 37.0 Å². The SMILES string of the molecule is CCOc1cc(C(=O)NNC(=O)C2CC(=O)N(C3CCS(=O)(=O)C3)C2)cc(OCC)c1OCC. The Morgan fingerprint density at radius 3 is 2.18 bits per heavy atom. The van der Waals surface area contributed by atoms with E-state index in [-0.39, 0.29) is 35.9 Å². The Labute approximate surface area is 199 Å². The van der Waals surface area contributed by atoms with E-state index in [1.165, 1.54) is 17.0 Å². The van der Waals surface area contributed by atoms with Crippen molar-refractivity contribution in [1.82, 2.24) is 15.8 Å². The zero-order valence-corrected chi connectivity index (χ0v) is 20.4. The third-order valence-electron chi connectivity index (χ3n) is 5.65. The minimum absolute atomic E-state index is 0.0374. The number of ether oxygens (including phenoxy) is 3. The maximum atomic E-state index is 12.7. The molecule has 0 saturated carbocycles. The monoisotopic (exact) mass is 497 g/mol. The van der Waals surface area contributed by atoms with Crippen LogP contribution >= 0.6 is 0 Å². The van der Waals surface area contributed by atoms with Crippen LogP contribution in [-0.4, -0.2) is 75.0 Å². The van der Waals surface area contributed by atoms with Gasteiger partial charge in [-0.15, -0.1) is 0 Å². The molecule has 12 heteroatoms. The third-order valence-corrected chi connectivity index (χ3v) is 7.40. The minimum atomic E-state index is -3.15. The van der Waals surface area contributed by atoms with Gasteiger partial charge >= 0.3 is 0 Å². The predicted octanol–water partition coefficient (Wildman–Crippen LogP) is 0.679. The van der Waals surface area contributed by atoms with Gasteiger partial charge in [0.05, 0.1) is 37.2 Å². The molecule has 11 nitrogen and oxygen atoms in total. The lowest BCUT2D eigenvalue weighted by molar-refractivity contribution is -0.130. The third kappa shape index (κ3) is 5.91. The van der Waals surface area contributed by atoms with Crippen LogP contribution in [-0.2, 0) is 19.4 Å². The predicted molar refractivity (Wildman–Crippen MR) is 122 cm³/mol. The number of hydrazine groups is 1. The lowest BCUT2D eigenvalue weighted by Gasteiger charge is -2.23. The molecule has 0 spiro atoms. The van der Waals surface area contributed by atoms with Crippen molar-refractivity contribution in [2.75, 3.05) is 37.9 Å². The number of amides is 3. The van der Waals surface area contributed by atoms with Crippen LogP contribution in [0.1, 0.15) is 44.0 Å². The number of sulfone groups is 1. The molecule has 2 saturated heterocycles. The van der Waals surface area contributed by atoms with Crippen molar-refractivity contribution in [1.29, 1.82) is 0 Å². The Balaban J connectivity index is 1.65. The molecule has 2 atom stereocenters. The van der Waals surface area contributed by atoms with Crippen LogP contribution in [0.4, 0.5) is 0 Å². The lowest BCUT2D eigenvalue weighted by Crippen LogP contribution is -2.45. The highest BCUT2D eigenvalue weighted by atomic mass is 32.2. The van der Waals surface area contributed by atoms with Gasteiger partial charge in [0.15, 0.2) is 21.3 Å². The summed E-state index contributed by atoms with van der Waals surface area (Å²) in [4.78, 5) is 39.2. The summed E-state index contributed by atoms with van der Waals surface area (Å²) in [5.41, 5.74) is 4.92. The highest BCUT2D eigenvalue weighted by molar-refractivity contribution is 7.91. The van der Waals surface area contributed by atoms with E-state index >= 15 is 0 Å². The number of nitrogens with zero attached hydrogens (tertiary/aromatic N) is 1. The minimum Gasteiger partial charge on any atom is -0.490 e. The Kier molecular flexibility index (Phi) is 8.24. The zero-order chi connectivity index (χ0) is 24.9. The summed E-state index contributed by atoms with van der Waals surface area (Å²) >= 11 is 0. The number of rotatable bonds is 9. The summed E-state index contributed by atoms with van der Waals surface area (Å²) in [5, 5.41) is 0. The van der Waals surface area contributed by atoms with E-state index < -0.39 is 33.6 Å². The van der Waals surface area contributed by atoms with E-state index in [2.05, 4.69) is 10.9 Å². The first kappa shape index (κ1) is 25.6. The fraction of sp³-hybridized carbons (Fsp3) is 0.591. The molecule has 2 aliphatic heterocycles. The molecular weight excluding hydrogens is 466 g/mol. The second-order valence-corrected chi connectivity index (χ2v) is 10.3. The second kappa shape index (κ2) is 10.9. The van der Waals surface area contributed by atoms with Gasteiger partial charge in [0.25, 0.3) is 5.91 Å². The summed E-state index contributed by atoms with van der Waals surface area (Å²) in [6.07, 6.45) is 0.339. The van der Waals surface area contributed by atoms with E-state index in [1.54, 1.807) is 13.8 Å². The van der Waals surface area contributed by atoms with Gasteiger partial charge < -0.3 is 19.1 Å². The molecule has 2 heterocycles. The number of likely N-dealkylation sites (tertiary alicyclic amines) is 1. The summed E-state index contributed by atoms with van der Waals surface area (Å²) in [6.45, 7) is 6.62. The quantitative estimate of drug-likeness (QED) is 0.475. The molecule has 0 aromatic heterocycles. The Morgan fingerprint density at radius 2 is 1.65 bits per heavy atom. The lowest BCUT2D eigenvalue weighted by atomic mass is 10.1. The zero-order valence-electron chi connectivity index (χ0n) is 19.6. The van der Waals surface area contributed by atoms with E-state index in [0.29, 0.717) is 43.5 Å². The van der Waals surface area contributed by atoms with Crippen LogP contribution in [0, 0.1) is 5.92 Å². The highest BCUT2D eigenvalue weighted by Crippen LogP contribution is 2.39. The fourth-order valence-electron chi connectivity index (χ4n) is 4.09. The topological polar surface area (TPSA) is 140 Å². The first-order valence-electron chi connectivity index (χ1n) is 11.4. The van der Waals surface area contributed by atoms with Gasteiger partial charge in [-0.1, -0.05) is 0 Å². The van der Waals surface area contributed by atoms with E-state index in [9.17, 15) is 22.8 Å². The van der Waals surface area contributed by atoms with Crippen molar-refractivity contribution in [2.24, 2.45) is 5.92 Å². The van der Waals surface area contributed by atoms with E-state index in [1.807, 2.05) is 6.92 Å². The molecule has 2 fully saturated rings. The largest absolute Gasteiger partial charge is 0.490 e. The fourth-order valence-corrected chi connectivity index (χ4v) is 5.82. The molecule has 3 rings (SSSR count). The Morgan fingerprint density at radius 1 is 1.03 bits per heavy atom. The van der Waals surface area contributed by atoms with Gasteiger partial charge in [-0.05, 0) is 39.3 Å². The van der Waals surface area contributed by atoms with Crippen molar-refractivity contribution in [3.63, 3.8) is 0 Å². The first-order valence-corrected chi connectivity index (χ1v) is 13.2. The average molecular weight is 498 g/mol. The van der Waals surface area contributed by atoms with Crippen molar-refractivity contribution in [2.45, 2.75) is 39.7 Å². The molecule has 0 radical (unpaired) electrons. The summed E-state index contributed by atoms with van der Waals surface area (Å²) < 4.78 is 40.3. The molecule has 34 heavy (non-hydrogen) atoms. The second-order valence-electron chi connectivity index (χ2n) is 8.05. The van der Waals surface area contributed by atoms with Gasteiger partial charge in [0.1, 0.15) is 0 Å². The molecular formula is C22H31N3O8S. The van der Waals surface area contributed by atoms with Crippen molar-refractivity contribution in [3.05, 3.63) is 17.7 Å². The number of hydrogen-bond acceptors (Lipinski definition) is 8. The summed E-state index contributed by atoms with van der Waals surface area (Å²) in [5.74, 6) is -1.02. The van der Waals surface area contributed by atoms with E-state index in [4.69, 9.17) is 14.2 Å². The molecule has 1 aromatic carbocycles. The number of hydrogen-bond donors (Lipinski definition) is 2. The maximum absolute atomic E-state index is 12.7. The molecule has 0 bridgehead atoms. The molecule has 0 aliphatic carbocycles. The van der Waals surface area contributed by atoms with Gasteiger partial charge in [-0.3, -0.25) is 25.2 Å². The van der Waals surface area contributed by atoms with Gasteiger partial charge in [-0.25, -0.2) is 8.42 Å². The normalized spacial score (nSPS) is 21.3. The van der Waals surface area contributed by atoms with Crippen LogP contribution in [0.25, 0.3) is 0 Å². The van der Waals surface area contributed by atoms with Crippen molar-refractivity contribution >= 4 is 27.6 Å². The Bertz CT molecular complexity index is 1020. The van der Waals surface area contributed by atoms with Crippen LogP contribution in [0.5, 0.6) is 17.2 Å². The van der Waals surface area contributed by atoms with Gasteiger partial charge in [0, 0.05) is 24.6 Å². The van der Waals surface area contributed by atoms with E-state index in [0.717, 1.165) is 0 Å². The molecule has 2 unspecified atom stereocenters. The smallest absolute Gasteiger partial charge is 0.269 e. The van der Waals surface area contributed by atoms with Crippen molar-refractivity contribution in [3.8, 4) is 17.2 Å². The standard InChI is InChI=1S/C22H31N3O8S/c1-4-31-17-9-14(10-18(32-5-2)20(17)33-6-3)21(27)23-24-22(28)15-11-19(26)25(12-15)16-7-8-34(29,30)13-16/h9-10,15-16H,4-8,11-13H2,1-3H3,(H,23,27)(H,24,28). The number of carbonyl (C=O) groups excluding carboxylic acids is 3. The molecule has 188 valence electrons. The molecule has 2 N–H and O–H groups in total. The van der Waals surface area contributed by atoms with Crippen LogP contribution in [0.3, 0.4) is 0 Å². The van der Waals surface area contributed by atoms with Crippen LogP contribution < -0.4 is 25.1 Å². The summed E-state index contributed by atoms with van der Waals surface area (Å²) in [6, 6.07) is 2.60. The van der Waals surface area contributed by atoms with Crippen LogP contribution in [0.15, 0.2) is 12.1 Å².